The van der Waals surface area contributed by atoms with Crippen molar-refractivity contribution in [2.24, 2.45) is 11.8 Å². The predicted octanol–water partition coefficient (Wildman–Crippen LogP) is 2.15. The lowest BCUT2D eigenvalue weighted by atomic mass is 9.99. The molecule has 1 saturated carbocycles. The molecule has 0 bridgehead atoms. The van der Waals surface area contributed by atoms with Crippen LogP contribution in [0.3, 0.4) is 0 Å². The lowest BCUT2D eigenvalue weighted by Crippen LogP contribution is -2.58. The van der Waals surface area contributed by atoms with E-state index in [9.17, 15) is 37.9 Å². The minimum Gasteiger partial charge on any atom is -0.347 e. The van der Waals surface area contributed by atoms with Crippen molar-refractivity contribution in [3.05, 3.63) is 34.7 Å². The second-order valence-electron chi connectivity index (χ2n) is 12.1. The molecule has 4 N–H and O–H groups in total. The van der Waals surface area contributed by atoms with Crippen molar-refractivity contribution in [3.63, 3.8) is 0 Å². The molecule has 0 radical (unpaired) electrons. The number of hydrogen-bond acceptors (Lipinski definition) is 6. The Labute approximate surface area is 246 Å². The largest absolute Gasteiger partial charge is 0.347 e. The maximum Gasteiger partial charge on any atom is 0.329 e. The molecule has 1 aromatic heterocycles. The van der Waals surface area contributed by atoms with Crippen LogP contribution in [0.15, 0.2) is 24.3 Å². The van der Waals surface area contributed by atoms with Gasteiger partial charge in [0.05, 0.1) is 23.6 Å². The van der Waals surface area contributed by atoms with Crippen LogP contribution in [0.1, 0.15) is 54.3 Å². The molecule has 42 heavy (non-hydrogen) atoms. The molecule has 0 spiro atoms. The van der Waals surface area contributed by atoms with Gasteiger partial charge in [0, 0.05) is 24.2 Å². The van der Waals surface area contributed by atoms with Crippen LogP contribution in [0.4, 0.5) is 4.39 Å². The molecule has 11 nitrogen and oxygen atoms in total. The zero-order valence-corrected chi connectivity index (χ0v) is 24.8. The molecule has 1 aromatic carbocycles. The molecular formula is C28H34FN4O7PS. The summed E-state index contributed by atoms with van der Waals surface area (Å²) in [6, 6.07) is 4.11. The predicted molar refractivity (Wildman–Crippen MR) is 152 cm³/mol. The smallest absolute Gasteiger partial charge is 0.329 e. The van der Waals surface area contributed by atoms with Crippen LogP contribution >= 0.6 is 18.9 Å². The first-order valence-corrected chi connectivity index (χ1v) is 16.9. The van der Waals surface area contributed by atoms with Crippen molar-refractivity contribution in [3.8, 4) is 0 Å². The van der Waals surface area contributed by atoms with Gasteiger partial charge in [-0.3, -0.25) is 23.7 Å². The highest BCUT2D eigenvalue weighted by Gasteiger charge is 2.51. The zero-order chi connectivity index (χ0) is 29.9. The number of likely N-dealkylation sites (tertiary alicyclic amines) is 1. The van der Waals surface area contributed by atoms with Gasteiger partial charge in [-0.2, -0.15) is 0 Å². The molecule has 3 saturated heterocycles. The molecule has 226 valence electrons. The molecule has 4 amide bonds. The third-order valence-corrected chi connectivity index (χ3v) is 11.0. The fraction of sp³-hybridized carbons (Fsp3) is 0.571. The van der Waals surface area contributed by atoms with Crippen molar-refractivity contribution in [1.82, 2.24) is 20.4 Å². The van der Waals surface area contributed by atoms with Crippen LogP contribution in [0.2, 0.25) is 0 Å². The van der Waals surface area contributed by atoms with Crippen LogP contribution in [0.5, 0.6) is 0 Å². The molecule has 1 aliphatic carbocycles. The number of fused-ring (bicyclic) bond motifs is 3. The Balaban J connectivity index is 1.17. The van der Waals surface area contributed by atoms with Gasteiger partial charge in [-0.1, -0.05) is 6.07 Å². The lowest BCUT2D eigenvalue weighted by molar-refractivity contribution is -0.143. The average molecular weight is 621 g/mol. The molecule has 2 aromatic rings. The highest BCUT2D eigenvalue weighted by molar-refractivity contribution is 7.50. The Morgan fingerprint density at radius 2 is 1.83 bits per heavy atom. The Hall–Kier alpha value is -2.86. The fourth-order valence-corrected chi connectivity index (χ4v) is 8.47. The Morgan fingerprint density at radius 1 is 1.07 bits per heavy atom. The van der Waals surface area contributed by atoms with Crippen molar-refractivity contribution in [2.75, 3.05) is 13.1 Å². The standard InChI is InChI=1S/C28H34FN4O7PS/c1-14(34)32-11-20(29)22(12-32)31-26(35)23-4-3-19-8-16-7-17(16)9-21(28(37)33(19)23)30-27(36)25-10-18-6-15(13-41(38,39)40)2-5-24(18)42-25/h2,5-6,10,16-17,19-23H,3-4,7-9,11-13H2,1H3,(H,30,36)(H,31,35)(H2,38,39,40)/t16-,17+,19+,20-,21-,22-,23-/m0/s1. The fourth-order valence-electron chi connectivity index (χ4n) is 6.85. The zero-order valence-electron chi connectivity index (χ0n) is 23.1. The third-order valence-electron chi connectivity index (χ3n) is 9.06. The first-order valence-electron chi connectivity index (χ1n) is 14.3. The van der Waals surface area contributed by atoms with E-state index in [1.54, 1.807) is 29.2 Å². The summed E-state index contributed by atoms with van der Waals surface area (Å²) in [5, 5.41) is 6.34. The molecule has 4 fully saturated rings. The van der Waals surface area contributed by atoms with E-state index in [0.717, 1.165) is 17.5 Å². The molecule has 7 atom stereocenters. The maximum atomic E-state index is 14.6. The third kappa shape index (κ3) is 5.97. The van der Waals surface area contributed by atoms with Gasteiger partial charge < -0.3 is 30.2 Å². The number of halogens is 1. The topological polar surface area (TPSA) is 156 Å². The monoisotopic (exact) mass is 620 g/mol. The number of alkyl halides is 1. The molecule has 0 unspecified atom stereocenters. The Bertz CT molecular complexity index is 1500. The van der Waals surface area contributed by atoms with E-state index >= 15 is 0 Å². The van der Waals surface area contributed by atoms with Crippen LogP contribution in [-0.2, 0) is 25.1 Å². The average Bonchev–Trinajstić information content (AvgIpc) is 3.22. The van der Waals surface area contributed by atoms with Gasteiger partial charge in [0.1, 0.15) is 18.3 Å². The molecule has 4 aliphatic rings. The number of carbonyl (C=O) groups excluding carboxylic acids is 4. The van der Waals surface area contributed by atoms with Crippen molar-refractivity contribution < 1.29 is 37.9 Å². The van der Waals surface area contributed by atoms with Gasteiger partial charge in [-0.05, 0) is 73.1 Å². The first-order chi connectivity index (χ1) is 19.9. The normalized spacial score (nSPS) is 30.9. The second-order valence-corrected chi connectivity index (χ2v) is 14.8. The summed E-state index contributed by atoms with van der Waals surface area (Å²) >= 11 is 1.23. The van der Waals surface area contributed by atoms with Crippen molar-refractivity contribution in [2.45, 2.75) is 75.5 Å². The SMILES string of the molecule is CC(=O)N1C[C@H](NC(=O)[C@@H]2CC[C@@H]3C[C@@H]4C[C@@H]4C[C@H](NC(=O)c4cc5cc(CP(=O)(O)O)ccc5s4)C(=O)N32)[C@@H](F)C1. The van der Waals surface area contributed by atoms with Gasteiger partial charge in [0.2, 0.25) is 17.7 Å². The minimum atomic E-state index is -4.24. The molecule has 3 aliphatic heterocycles. The summed E-state index contributed by atoms with van der Waals surface area (Å²) in [6.45, 7) is 1.38. The Kier molecular flexibility index (Phi) is 7.66. The number of carbonyl (C=O) groups is 4. The number of thiophene rings is 1. The van der Waals surface area contributed by atoms with E-state index in [-0.39, 0.29) is 30.9 Å². The van der Waals surface area contributed by atoms with Gasteiger partial charge in [-0.15, -0.1) is 11.3 Å². The van der Waals surface area contributed by atoms with Crippen molar-refractivity contribution in [1.29, 1.82) is 0 Å². The summed E-state index contributed by atoms with van der Waals surface area (Å²) in [4.78, 5) is 74.3. The first kappa shape index (κ1) is 29.2. The quantitative estimate of drug-likeness (QED) is 0.361. The Morgan fingerprint density at radius 3 is 2.55 bits per heavy atom. The van der Waals surface area contributed by atoms with Crippen LogP contribution in [0, 0.1) is 11.8 Å². The number of rotatable bonds is 6. The van der Waals surface area contributed by atoms with E-state index in [1.807, 2.05) is 0 Å². The molecule has 4 heterocycles. The van der Waals surface area contributed by atoms with Crippen LogP contribution < -0.4 is 10.6 Å². The summed E-state index contributed by atoms with van der Waals surface area (Å²) in [7, 11) is -4.24. The number of amides is 4. The van der Waals surface area contributed by atoms with E-state index in [0.29, 0.717) is 46.9 Å². The van der Waals surface area contributed by atoms with Crippen LogP contribution in [-0.4, -0.2) is 86.6 Å². The summed E-state index contributed by atoms with van der Waals surface area (Å²) in [5.41, 5.74) is 0.464. The van der Waals surface area contributed by atoms with Gasteiger partial charge in [-0.25, -0.2) is 4.39 Å². The lowest BCUT2D eigenvalue weighted by Gasteiger charge is -2.35. The van der Waals surface area contributed by atoms with Gasteiger partial charge >= 0.3 is 7.60 Å². The number of hydrogen-bond donors (Lipinski definition) is 4. The minimum absolute atomic E-state index is 0.0733. The number of nitrogens with one attached hydrogen (secondary N) is 2. The molecule has 14 heteroatoms. The summed E-state index contributed by atoms with van der Waals surface area (Å²) in [5.74, 6) is -0.663. The number of nitrogens with zero attached hydrogens (tertiary/aromatic N) is 2. The van der Waals surface area contributed by atoms with E-state index in [1.165, 1.54) is 23.2 Å². The van der Waals surface area contributed by atoms with E-state index in [4.69, 9.17) is 0 Å². The summed E-state index contributed by atoms with van der Waals surface area (Å²) in [6.07, 6.45) is 1.59. The molecular weight excluding hydrogens is 586 g/mol. The molecule has 6 rings (SSSR count). The number of benzene rings is 1. The summed E-state index contributed by atoms with van der Waals surface area (Å²) < 4.78 is 26.8. The van der Waals surface area contributed by atoms with E-state index in [2.05, 4.69) is 10.6 Å². The highest BCUT2D eigenvalue weighted by Crippen LogP contribution is 2.49. The van der Waals surface area contributed by atoms with Gasteiger partial charge in [0.25, 0.3) is 5.91 Å². The second kappa shape index (κ2) is 11.0. The highest BCUT2D eigenvalue weighted by atomic mass is 32.1. The maximum absolute atomic E-state index is 14.6. The van der Waals surface area contributed by atoms with Crippen LogP contribution in [0.25, 0.3) is 10.1 Å². The van der Waals surface area contributed by atoms with Gasteiger partial charge in [0.15, 0.2) is 0 Å². The van der Waals surface area contributed by atoms with Crippen molar-refractivity contribution >= 4 is 52.6 Å². The van der Waals surface area contributed by atoms with E-state index < -0.39 is 49.9 Å².